The Bertz CT molecular complexity index is 3470. The molecule has 0 spiro atoms. The van der Waals surface area contributed by atoms with Gasteiger partial charge in [0.25, 0.3) is 0 Å². The van der Waals surface area contributed by atoms with Crippen LogP contribution in [-0.4, -0.2) is 49.0 Å². The SMILES string of the molecule is N#Cc1cc(-n2c3ccc(-c4ncccn4)cc3c3cc(-c4ncccn4)ccc32)c(-c2cc(F)cc(F)c2)c(-n2c3ccc(-c4ncccn4)cc3c3cc(-c4ncccn4)ccc32)c1. The highest BCUT2D eigenvalue weighted by Crippen LogP contribution is 2.45. The summed E-state index contributed by atoms with van der Waals surface area (Å²) in [7, 11) is 0. The molecule has 0 aliphatic carbocycles. The zero-order valence-electron chi connectivity index (χ0n) is 34.4. The fourth-order valence-corrected chi connectivity index (χ4v) is 8.94. The van der Waals surface area contributed by atoms with Crippen LogP contribution >= 0.6 is 0 Å². The Hall–Kier alpha value is -9.41. The Morgan fingerprint density at radius 1 is 0.364 bits per heavy atom. The van der Waals surface area contributed by atoms with E-state index in [9.17, 15) is 5.26 Å². The summed E-state index contributed by atoms with van der Waals surface area (Å²) in [4.78, 5) is 36.3. The molecular formula is C53H29F2N11. The van der Waals surface area contributed by atoms with Gasteiger partial charge in [-0.2, -0.15) is 5.26 Å². The number of hydrogen-bond acceptors (Lipinski definition) is 9. The first kappa shape index (κ1) is 38.3. The lowest BCUT2D eigenvalue weighted by Gasteiger charge is -2.21. The lowest BCUT2D eigenvalue weighted by atomic mass is 9.97. The molecule has 11 nitrogen and oxygen atoms in total. The second-order valence-corrected chi connectivity index (χ2v) is 15.5. The second kappa shape index (κ2) is 15.4. The maximum absolute atomic E-state index is 15.7. The van der Waals surface area contributed by atoms with Gasteiger partial charge in [0.2, 0.25) is 0 Å². The van der Waals surface area contributed by atoms with E-state index in [0.717, 1.165) is 71.9 Å². The van der Waals surface area contributed by atoms with E-state index in [0.29, 0.717) is 45.8 Å². The molecule has 66 heavy (non-hydrogen) atoms. The quantitative estimate of drug-likeness (QED) is 0.153. The van der Waals surface area contributed by atoms with Crippen molar-refractivity contribution in [3.05, 3.63) is 194 Å². The maximum Gasteiger partial charge on any atom is 0.159 e. The first-order chi connectivity index (χ1) is 32.5. The molecule has 6 heterocycles. The van der Waals surface area contributed by atoms with Crippen LogP contribution in [0.4, 0.5) is 8.78 Å². The van der Waals surface area contributed by atoms with Gasteiger partial charge in [0, 0.05) is 105 Å². The van der Waals surface area contributed by atoms with Gasteiger partial charge in [-0.15, -0.1) is 0 Å². The molecule has 0 unspecified atom stereocenters. The van der Waals surface area contributed by atoms with Gasteiger partial charge in [0.05, 0.1) is 45.1 Å². The fraction of sp³-hybridized carbons (Fsp3) is 0. The topological polar surface area (TPSA) is 137 Å². The molecule has 13 heteroatoms. The van der Waals surface area contributed by atoms with E-state index in [1.54, 1.807) is 86.0 Å². The molecule has 12 aromatic rings. The van der Waals surface area contributed by atoms with E-state index in [1.807, 2.05) is 81.9 Å². The Balaban J connectivity index is 1.21. The molecule has 12 rings (SSSR count). The molecule has 0 amide bonds. The molecular weight excluding hydrogens is 829 g/mol. The summed E-state index contributed by atoms with van der Waals surface area (Å²) in [5, 5.41) is 14.3. The van der Waals surface area contributed by atoms with Gasteiger partial charge in [-0.1, -0.05) is 0 Å². The van der Waals surface area contributed by atoms with Crippen molar-refractivity contribution in [3.8, 4) is 74.1 Å². The lowest BCUT2D eigenvalue weighted by molar-refractivity contribution is 0.584. The Morgan fingerprint density at radius 2 is 0.667 bits per heavy atom. The van der Waals surface area contributed by atoms with E-state index in [2.05, 4.69) is 45.9 Å². The number of halogens is 2. The number of fused-ring (bicyclic) bond motifs is 6. The normalized spacial score (nSPS) is 11.5. The number of benzene rings is 6. The minimum atomic E-state index is -0.754. The minimum absolute atomic E-state index is 0.263. The highest BCUT2D eigenvalue weighted by molar-refractivity contribution is 6.14. The summed E-state index contributed by atoms with van der Waals surface area (Å²) in [6.45, 7) is 0. The summed E-state index contributed by atoms with van der Waals surface area (Å²) in [5.41, 5.74) is 8.27. The van der Waals surface area contributed by atoms with Crippen LogP contribution in [0, 0.1) is 23.0 Å². The van der Waals surface area contributed by atoms with E-state index >= 15 is 8.78 Å². The molecule has 310 valence electrons. The first-order valence-corrected chi connectivity index (χ1v) is 20.8. The number of hydrogen-bond donors (Lipinski definition) is 0. The van der Waals surface area contributed by atoms with Gasteiger partial charge in [0.1, 0.15) is 11.6 Å². The molecule has 0 aliphatic rings. The van der Waals surface area contributed by atoms with E-state index in [1.165, 1.54) is 12.1 Å². The van der Waals surface area contributed by atoms with Gasteiger partial charge in [-0.25, -0.2) is 48.7 Å². The number of nitriles is 1. The fourth-order valence-electron chi connectivity index (χ4n) is 8.94. The minimum Gasteiger partial charge on any atom is -0.308 e. The smallest absolute Gasteiger partial charge is 0.159 e. The second-order valence-electron chi connectivity index (χ2n) is 15.5. The molecule has 6 aromatic carbocycles. The van der Waals surface area contributed by atoms with Crippen molar-refractivity contribution in [1.82, 2.24) is 49.0 Å². The molecule has 0 N–H and O–H groups in total. The standard InChI is InChI=1S/C53H29F2N11/c54-37-23-36(24-38(55)29-37)49-47(65-43-9-5-32(50-57-13-1-14-58-50)25-39(43)40-26-33(6-10-44(40)65)51-59-15-2-16-60-51)21-31(30-56)22-48(49)66-45-11-7-34(52-61-17-3-18-62-52)27-41(45)42-28-35(8-12-46(42)66)53-63-19-4-20-64-53/h1-29H. The number of nitrogens with zero attached hydrogens (tertiary/aromatic N) is 11. The Labute approximate surface area is 373 Å². The van der Waals surface area contributed by atoms with Crippen LogP contribution in [0.5, 0.6) is 0 Å². The predicted molar refractivity (Wildman–Crippen MR) is 249 cm³/mol. The molecule has 0 saturated heterocycles. The summed E-state index contributed by atoms with van der Waals surface area (Å²) < 4.78 is 35.5. The third-order valence-corrected chi connectivity index (χ3v) is 11.7. The highest BCUT2D eigenvalue weighted by atomic mass is 19.1. The monoisotopic (exact) mass is 857 g/mol. The van der Waals surface area contributed by atoms with Gasteiger partial charge in [0.15, 0.2) is 23.3 Å². The molecule has 0 saturated carbocycles. The molecule has 0 bridgehead atoms. The summed E-state index contributed by atoms with van der Waals surface area (Å²) in [6.07, 6.45) is 13.6. The van der Waals surface area contributed by atoms with Crippen molar-refractivity contribution < 1.29 is 8.78 Å². The van der Waals surface area contributed by atoms with Crippen molar-refractivity contribution in [3.63, 3.8) is 0 Å². The maximum atomic E-state index is 15.7. The average molecular weight is 858 g/mol. The molecule has 0 radical (unpaired) electrons. The summed E-state index contributed by atoms with van der Waals surface area (Å²) in [6, 6.07) is 40.3. The van der Waals surface area contributed by atoms with Crippen LogP contribution in [0.2, 0.25) is 0 Å². The van der Waals surface area contributed by atoms with Gasteiger partial charge >= 0.3 is 0 Å². The third-order valence-electron chi connectivity index (χ3n) is 11.7. The first-order valence-electron chi connectivity index (χ1n) is 20.8. The summed E-state index contributed by atoms with van der Waals surface area (Å²) >= 11 is 0. The van der Waals surface area contributed by atoms with E-state index in [4.69, 9.17) is 0 Å². The van der Waals surface area contributed by atoms with Crippen molar-refractivity contribution in [2.24, 2.45) is 0 Å². The van der Waals surface area contributed by atoms with Gasteiger partial charge in [-0.3, -0.25) is 0 Å². The zero-order valence-corrected chi connectivity index (χ0v) is 34.4. The van der Waals surface area contributed by atoms with Crippen molar-refractivity contribution in [2.45, 2.75) is 0 Å². The van der Waals surface area contributed by atoms with Gasteiger partial charge < -0.3 is 9.13 Å². The molecule has 0 aliphatic heterocycles. The third kappa shape index (κ3) is 6.39. The van der Waals surface area contributed by atoms with E-state index < -0.39 is 11.6 Å². The van der Waals surface area contributed by atoms with E-state index in [-0.39, 0.29) is 5.56 Å². The molecule has 6 aromatic heterocycles. The number of rotatable bonds is 7. The van der Waals surface area contributed by atoms with Crippen LogP contribution in [0.25, 0.3) is 112 Å². The van der Waals surface area contributed by atoms with Crippen molar-refractivity contribution in [1.29, 1.82) is 5.26 Å². The molecule has 0 atom stereocenters. The number of aromatic nitrogens is 10. The van der Waals surface area contributed by atoms with Crippen LogP contribution in [0.3, 0.4) is 0 Å². The van der Waals surface area contributed by atoms with Crippen LogP contribution < -0.4 is 0 Å². The summed E-state index contributed by atoms with van der Waals surface area (Å²) in [5.74, 6) is 0.669. The van der Waals surface area contributed by atoms with Crippen LogP contribution in [0.1, 0.15) is 5.56 Å². The van der Waals surface area contributed by atoms with Crippen LogP contribution in [0.15, 0.2) is 177 Å². The Morgan fingerprint density at radius 3 is 0.955 bits per heavy atom. The van der Waals surface area contributed by atoms with Crippen LogP contribution in [-0.2, 0) is 0 Å². The van der Waals surface area contributed by atoms with Gasteiger partial charge in [-0.05, 0) is 127 Å². The van der Waals surface area contributed by atoms with Crippen molar-refractivity contribution in [2.75, 3.05) is 0 Å². The highest BCUT2D eigenvalue weighted by Gasteiger charge is 2.25. The predicted octanol–water partition coefficient (Wildman–Crippen LogP) is 11.5. The molecule has 0 fully saturated rings. The zero-order chi connectivity index (χ0) is 44.3. The van der Waals surface area contributed by atoms with Crippen molar-refractivity contribution >= 4 is 43.6 Å². The average Bonchev–Trinajstić information content (AvgIpc) is 3.88. The largest absolute Gasteiger partial charge is 0.308 e. The Kier molecular flexibility index (Phi) is 8.95. The lowest BCUT2D eigenvalue weighted by Crippen LogP contribution is -2.05.